The van der Waals surface area contributed by atoms with Crippen molar-refractivity contribution in [3.8, 4) is 22.6 Å². The minimum absolute atomic E-state index is 0.0281. The van der Waals surface area contributed by atoms with Crippen LogP contribution in [0.5, 0.6) is 0 Å². The van der Waals surface area contributed by atoms with Gasteiger partial charge in [0.05, 0.1) is 10.3 Å². The smallest absolute Gasteiger partial charge is 0.238 e. The van der Waals surface area contributed by atoms with Crippen LogP contribution in [0.15, 0.2) is 97.4 Å². The minimum Gasteiger partial charge on any atom is -0.456 e. The molecule has 0 bridgehead atoms. The average Bonchev–Trinajstić information content (AvgIpc) is 3.17. The third kappa shape index (κ3) is 3.01. The van der Waals surface area contributed by atoms with Gasteiger partial charge in [0.1, 0.15) is 28.2 Å². The molecule has 2 aromatic heterocycles. The van der Waals surface area contributed by atoms with E-state index in [1.54, 1.807) is 42.5 Å². The molecule has 2 N–H and O–H groups in total. The predicted molar refractivity (Wildman–Crippen MR) is 115 cm³/mol. The van der Waals surface area contributed by atoms with Gasteiger partial charge >= 0.3 is 0 Å². The van der Waals surface area contributed by atoms with Crippen LogP contribution in [0.3, 0.4) is 0 Å². The fourth-order valence-electron chi connectivity index (χ4n) is 3.47. The summed E-state index contributed by atoms with van der Waals surface area (Å²) in [5.74, 6) is 0.667. The van der Waals surface area contributed by atoms with Crippen LogP contribution in [0.4, 0.5) is 0 Å². The SMILES string of the molecule is NS(=O)(=O)c1ccc(-c2oc3ccccc3c(=O)c2-c2cc3ccccc3o2)cc1. The van der Waals surface area contributed by atoms with E-state index in [0.717, 1.165) is 5.39 Å². The second-order valence-electron chi connectivity index (χ2n) is 6.85. The van der Waals surface area contributed by atoms with Crippen LogP contribution in [0.1, 0.15) is 0 Å². The molecular weight excluding hydrogens is 402 g/mol. The molecule has 30 heavy (non-hydrogen) atoms. The van der Waals surface area contributed by atoms with Crippen molar-refractivity contribution in [3.05, 3.63) is 89.1 Å². The molecule has 0 aliphatic carbocycles. The first-order valence-corrected chi connectivity index (χ1v) is 10.6. The monoisotopic (exact) mass is 417 g/mol. The van der Waals surface area contributed by atoms with Crippen molar-refractivity contribution in [2.24, 2.45) is 5.14 Å². The van der Waals surface area contributed by atoms with Gasteiger partial charge in [-0.1, -0.05) is 30.3 Å². The highest BCUT2D eigenvalue weighted by Gasteiger charge is 2.21. The van der Waals surface area contributed by atoms with Gasteiger partial charge in [0.15, 0.2) is 0 Å². The first-order valence-electron chi connectivity index (χ1n) is 9.10. The van der Waals surface area contributed by atoms with E-state index in [0.29, 0.717) is 33.6 Å². The molecule has 0 amide bonds. The largest absolute Gasteiger partial charge is 0.456 e. The molecule has 2 heterocycles. The van der Waals surface area contributed by atoms with Crippen LogP contribution in [-0.2, 0) is 10.0 Å². The zero-order valence-corrected chi connectivity index (χ0v) is 16.3. The number of hydrogen-bond donors (Lipinski definition) is 1. The second-order valence-corrected chi connectivity index (χ2v) is 8.41. The Morgan fingerprint density at radius 1 is 0.767 bits per heavy atom. The fraction of sp³-hybridized carbons (Fsp3) is 0. The zero-order valence-electron chi connectivity index (χ0n) is 15.5. The predicted octanol–water partition coefficient (Wildman–Crippen LogP) is 4.52. The summed E-state index contributed by atoms with van der Waals surface area (Å²) in [6.07, 6.45) is 0. The van der Waals surface area contributed by atoms with E-state index in [-0.39, 0.29) is 15.9 Å². The van der Waals surface area contributed by atoms with Gasteiger partial charge in [-0.3, -0.25) is 4.79 Å². The third-order valence-electron chi connectivity index (χ3n) is 4.91. The minimum atomic E-state index is -3.84. The van der Waals surface area contributed by atoms with E-state index in [9.17, 15) is 13.2 Å². The van der Waals surface area contributed by atoms with Crippen LogP contribution >= 0.6 is 0 Å². The number of hydrogen-bond acceptors (Lipinski definition) is 5. The number of nitrogens with two attached hydrogens (primary N) is 1. The molecule has 0 saturated carbocycles. The molecule has 3 aromatic carbocycles. The van der Waals surface area contributed by atoms with Crippen LogP contribution in [0, 0.1) is 0 Å². The van der Waals surface area contributed by atoms with Crippen LogP contribution in [0.2, 0.25) is 0 Å². The molecule has 0 atom stereocenters. The number of sulfonamides is 1. The van der Waals surface area contributed by atoms with Crippen molar-refractivity contribution in [2.75, 3.05) is 0 Å². The summed E-state index contributed by atoms with van der Waals surface area (Å²) < 4.78 is 35.2. The normalized spacial score (nSPS) is 11.9. The molecule has 0 saturated heterocycles. The highest BCUT2D eigenvalue weighted by molar-refractivity contribution is 7.89. The molecule has 7 heteroatoms. The molecule has 5 aromatic rings. The summed E-state index contributed by atoms with van der Waals surface area (Å²) in [6, 6.07) is 22.1. The lowest BCUT2D eigenvalue weighted by Gasteiger charge is -2.09. The molecule has 5 rings (SSSR count). The van der Waals surface area contributed by atoms with Gasteiger partial charge in [-0.2, -0.15) is 0 Å². The maximum absolute atomic E-state index is 13.4. The lowest BCUT2D eigenvalue weighted by molar-refractivity contribution is 0.597. The van der Waals surface area contributed by atoms with Gasteiger partial charge < -0.3 is 8.83 Å². The molecule has 0 fully saturated rings. The lowest BCUT2D eigenvalue weighted by Crippen LogP contribution is -2.12. The molecule has 148 valence electrons. The van der Waals surface area contributed by atoms with Crippen LogP contribution in [-0.4, -0.2) is 8.42 Å². The van der Waals surface area contributed by atoms with Gasteiger partial charge in [0.2, 0.25) is 15.5 Å². The summed E-state index contributed by atoms with van der Waals surface area (Å²) in [6.45, 7) is 0. The summed E-state index contributed by atoms with van der Waals surface area (Å²) in [4.78, 5) is 13.4. The Labute approximate surface area is 171 Å². The molecule has 0 aliphatic heterocycles. The van der Waals surface area contributed by atoms with Crippen molar-refractivity contribution >= 4 is 32.0 Å². The van der Waals surface area contributed by atoms with Gasteiger partial charge in [0.25, 0.3) is 0 Å². The highest BCUT2D eigenvalue weighted by atomic mass is 32.2. The van der Waals surface area contributed by atoms with Gasteiger partial charge in [0, 0.05) is 10.9 Å². The van der Waals surface area contributed by atoms with Crippen molar-refractivity contribution in [3.63, 3.8) is 0 Å². The quantitative estimate of drug-likeness (QED) is 0.465. The van der Waals surface area contributed by atoms with E-state index in [1.165, 1.54) is 12.1 Å². The van der Waals surface area contributed by atoms with E-state index >= 15 is 0 Å². The second kappa shape index (κ2) is 6.69. The highest BCUT2D eigenvalue weighted by Crippen LogP contribution is 2.35. The Bertz CT molecular complexity index is 1550. The van der Waals surface area contributed by atoms with E-state index in [2.05, 4.69) is 0 Å². The van der Waals surface area contributed by atoms with E-state index < -0.39 is 10.0 Å². The number of fused-ring (bicyclic) bond motifs is 2. The third-order valence-corrected chi connectivity index (χ3v) is 5.84. The Balaban J connectivity index is 1.82. The first kappa shape index (κ1) is 18.4. The average molecular weight is 417 g/mol. The summed E-state index contributed by atoms with van der Waals surface area (Å²) in [5.41, 5.74) is 1.64. The van der Waals surface area contributed by atoms with E-state index in [4.69, 9.17) is 14.0 Å². The number of furan rings is 1. The number of benzene rings is 3. The molecule has 0 aliphatic rings. The summed E-state index contributed by atoms with van der Waals surface area (Å²) in [5, 5.41) is 6.48. The molecule has 0 spiro atoms. The number of primary sulfonamides is 1. The maximum atomic E-state index is 13.4. The Morgan fingerprint density at radius 2 is 1.43 bits per heavy atom. The summed E-state index contributed by atoms with van der Waals surface area (Å²) >= 11 is 0. The number of rotatable bonds is 3. The van der Waals surface area contributed by atoms with Crippen LogP contribution in [0.25, 0.3) is 44.6 Å². The van der Waals surface area contributed by atoms with Crippen LogP contribution < -0.4 is 10.6 Å². The molecule has 6 nitrogen and oxygen atoms in total. The van der Waals surface area contributed by atoms with Crippen molar-refractivity contribution in [2.45, 2.75) is 4.90 Å². The van der Waals surface area contributed by atoms with Crippen molar-refractivity contribution in [1.29, 1.82) is 0 Å². The zero-order chi connectivity index (χ0) is 20.9. The van der Waals surface area contributed by atoms with Gasteiger partial charge in [-0.25, -0.2) is 13.6 Å². The number of para-hydroxylation sites is 2. The van der Waals surface area contributed by atoms with Gasteiger partial charge in [-0.05, 0) is 48.5 Å². The maximum Gasteiger partial charge on any atom is 0.238 e. The van der Waals surface area contributed by atoms with E-state index in [1.807, 2.05) is 24.3 Å². The fourth-order valence-corrected chi connectivity index (χ4v) is 3.99. The Kier molecular flexibility index (Phi) is 4.09. The first-order chi connectivity index (χ1) is 14.4. The van der Waals surface area contributed by atoms with Crippen molar-refractivity contribution < 1.29 is 17.3 Å². The Hall–Kier alpha value is -3.68. The molecular formula is C23H15NO5S. The molecule has 0 unspecified atom stereocenters. The molecule has 0 radical (unpaired) electrons. The lowest BCUT2D eigenvalue weighted by atomic mass is 10.0. The van der Waals surface area contributed by atoms with Gasteiger partial charge in [-0.15, -0.1) is 0 Å². The standard InChI is InChI=1S/C23H15NO5S/c24-30(26,27)16-11-9-14(10-12-16)23-21(20-13-15-5-1-3-7-18(15)28-20)22(25)17-6-2-4-8-19(17)29-23/h1-13H,(H2,24,26,27). The summed E-state index contributed by atoms with van der Waals surface area (Å²) in [7, 11) is -3.84. The topological polar surface area (TPSA) is 104 Å². The Morgan fingerprint density at radius 3 is 2.13 bits per heavy atom. The van der Waals surface area contributed by atoms with Crippen molar-refractivity contribution in [1.82, 2.24) is 0 Å².